The van der Waals surface area contributed by atoms with Crippen LogP contribution in [-0.4, -0.2) is 26.4 Å². The highest BCUT2D eigenvalue weighted by Gasteiger charge is 2.13. The molecule has 7 aromatic rings. The molecule has 7 aromatic carbocycles. The largest absolute Gasteiger partial charge is 0.494 e. The lowest BCUT2D eigenvalue weighted by atomic mass is 10.2. The highest BCUT2D eigenvalue weighted by atomic mass is 16.5. The summed E-state index contributed by atoms with van der Waals surface area (Å²) in [5, 5.41) is 14.2. The van der Waals surface area contributed by atoms with Gasteiger partial charge in [-0.3, -0.25) is 0 Å². The zero-order valence-electron chi connectivity index (χ0n) is 39.9. The van der Waals surface area contributed by atoms with E-state index in [0.717, 1.165) is 120 Å². The van der Waals surface area contributed by atoms with Gasteiger partial charge in [0.2, 0.25) is 0 Å². The van der Waals surface area contributed by atoms with Crippen LogP contribution in [0, 0.1) is 0 Å². The van der Waals surface area contributed by atoms with E-state index in [1.165, 1.54) is 0 Å². The van der Waals surface area contributed by atoms with Crippen LogP contribution >= 0.6 is 0 Å². The van der Waals surface area contributed by atoms with Gasteiger partial charge in [0.15, 0.2) is 11.5 Å². The van der Waals surface area contributed by atoms with E-state index in [4.69, 9.17) is 28.4 Å². The molecule has 0 fully saturated rings. The van der Waals surface area contributed by atoms with Crippen molar-refractivity contribution >= 4 is 45.5 Å². The fourth-order valence-corrected chi connectivity index (χ4v) is 6.94. The minimum Gasteiger partial charge on any atom is -0.494 e. The minimum absolute atomic E-state index is 0.653. The van der Waals surface area contributed by atoms with Crippen molar-refractivity contribution in [1.82, 2.24) is 0 Å². The van der Waals surface area contributed by atoms with Crippen molar-refractivity contribution < 1.29 is 28.4 Å². The Morgan fingerprint density at radius 1 is 0.279 bits per heavy atom. The number of hydrogen-bond donors (Lipinski definition) is 4. The molecule has 0 radical (unpaired) electrons. The number of ether oxygens (including phenoxy) is 6. The Kier molecular flexibility index (Phi) is 18.6. The third-order valence-corrected chi connectivity index (χ3v) is 10.9. The molecule has 10 heteroatoms. The molecule has 0 unspecified atom stereocenters. The summed E-state index contributed by atoms with van der Waals surface area (Å²) in [6.07, 6.45) is 8.45. The van der Waals surface area contributed by atoms with Crippen LogP contribution in [0.3, 0.4) is 0 Å². The third-order valence-electron chi connectivity index (χ3n) is 10.9. The van der Waals surface area contributed by atoms with Crippen molar-refractivity contribution in [3.63, 3.8) is 0 Å². The van der Waals surface area contributed by atoms with Crippen molar-refractivity contribution in [3.8, 4) is 46.0 Å². The van der Waals surface area contributed by atoms with E-state index in [-0.39, 0.29) is 0 Å². The van der Waals surface area contributed by atoms with E-state index in [2.05, 4.69) is 49.0 Å². The number of nitrogens with one attached hydrogen (secondary N) is 4. The molecule has 0 saturated carbocycles. The van der Waals surface area contributed by atoms with Crippen LogP contribution < -0.4 is 49.7 Å². The maximum absolute atomic E-state index is 6.57. The molecule has 0 saturated heterocycles. The van der Waals surface area contributed by atoms with Gasteiger partial charge in [-0.15, -0.1) is 0 Å². The maximum Gasteiger partial charge on any atom is 0.151 e. The molecule has 0 aromatic heterocycles. The van der Waals surface area contributed by atoms with Crippen LogP contribution in [0.15, 0.2) is 158 Å². The van der Waals surface area contributed by atoms with Crippen molar-refractivity contribution in [2.45, 2.75) is 79.1 Å². The van der Waals surface area contributed by atoms with Gasteiger partial charge in [-0.05, 0) is 183 Å². The lowest BCUT2D eigenvalue weighted by Gasteiger charge is -2.17. The molecule has 0 aliphatic carbocycles. The Morgan fingerprint density at radius 3 is 0.809 bits per heavy atom. The first-order valence-corrected chi connectivity index (χ1v) is 24.2. The molecular formula is C58H66N4O6. The van der Waals surface area contributed by atoms with Crippen LogP contribution in [0.25, 0.3) is 0 Å². The summed E-state index contributed by atoms with van der Waals surface area (Å²) in [6.45, 7) is 11.5. The fourth-order valence-electron chi connectivity index (χ4n) is 6.94. The van der Waals surface area contributed by atoms with Crippen LogP contribution in [-0.2, 0) is 0 Å². The molecule has 68 heavy (non-hydrogen) atoms. The summed E-state index contributed by atoms with van der Waals surface area (Å²) in [4.78, 5) is 0. The normalized spacial score (nSPS) is 10.8. The molecule has 0 atom stereocenters. The zero-order valence-corrected chi connectivity index (χ0v) is 39.9. The summed E-state index contributed by atoms with van der Waals surface area (Å²) in [5.41, 5.74) is 7.07. The fraction of sp³-hybridized carbons (Fsp3) is 0.276. The quantitative estimate of drug-likeness (QED) is 0.0355. The van der Waals surface area contributed by atoms with Gasteiger partial charge in [-0.1, -0.05) is 53.4 Å². The first kappa shape index (κ1) is 48.5. The molecule has 7 rings (SSSR count). The van der Waals surface area contributed by atoms with Crippen LogP contribution in [0.1, 0.15) is 79.1 Å². The number of unbranched alkanes of at least 4 members (excludes halogenated alkanes) is 4. The van der Waals surface area contributed by atoms with Crippen molar-refractivity contribution in [2.75, 3.05) is 47.7 Å². The molecule has 0 amide bonds. The summed E-state index contributed by atoms with van der Waals surface area (Å²) < 4.78 is 36.7. The first-order chi connectivity index (χ1) is 33.5. The van der Waals surface area contributed by atoms with Gasteiger partial charge in [-0.2, -0.15) is 0 Å². The van der Waals surface area contributed by atoms with Gasteiger partial charge in [0.25, 0.3) is 0 Å². The van der Waals surface area contributed by atoms with Gasteiger partial charge in [0, 0.05) is 34.1 Å². The molecular weight excluding hydrogens is 849 g/mol. The van der Waals surface area contributed by atoms with Gasteiger partial charge in [-0.25, -0.2) is 0 Å². The van der Waals surface area contributed by atoms with E-state index < -0.39 is 0 Å². The second kappa shape index (κ2) is 26.0. The summed E-state index contributed by atoms with van der Waals surface area (Å²) in [5.74, 6) is 6.01. The molecule has 10 nitrogen and oxygen atoms in total. The summed E-state index contributed by atoms with van der Waals surface area (Å²) >= 11 is 0. The molecule has 0 bridgehead atoms. The van der Waals surface area contributed by atoms with E-state index in [9.17, 15) is 0 Å². The number of hydrogen-bond acceptors (Lipinski definition) is 10. The molecule has 0 aliphatic rings. The zero-order chi connectivity index (χ0) is 47.2. The van der Waals surface area contributed by atoms with Crippen molar-refractivity contribution in [2.24, 2.45) is 0 Å². The average Bonchev–Trinajstić information content (AvgIpc) is 3.36. The average molecular weight is 915 g/mol. The summed E-state index contributed by atoms with van der Waals surface area (Å²) in [6, 6.07) is 51.7. The molecule has 0 heterocycles. The number of benzene rings is 7. The second-order valence-corrected chi connectivity index (χ2v) is 16.5. The Morgan fingerprint density at radius 2 is 0.529 bits per heavy atom. The summed E-state index contributed by atoms with van der Waals surface area (Å²) in [7, 11) is 0. The van der Waals surface area contributed by atoms with Gasteiger partial charge < -0.3 is 49.7 Å². The Labute approximate surface area is 402 Å². The monoisotopic (exact) mass is 914 g/mol. The van der Waals surface area contributed by atoms with Gasteiger partial charge >= 0.3 is 0 Å². The second-order valence-electron chi connectivity index (χ2n) is 16.5. The molecule has 0 aliphatic heterocycles. The topological polar surface area (TPSA) is 104 Å². The Balaban J connectivity index is 1.08. The van der Waals surface area contributed by atoms with E-state index in [1.54, 1.807) is 0 Å². The molecule has 0 spiro atoms. The van der Waals surface area contributed by atoms with E-state index >= 15 is 0 Å². The van der Waals surface area contributed by atoms with Crippen LogP contribution in [0.2, 0.25) is 0 Å². The van der Waals surface area contributed by atoms with Gasteiger partial charge in [0.1, 0.15) is 34.5 Å². The smallest absolute Gasteiger partial charge is 0.151 e. The number of rotatable bonds is 28. The predicted octanol–water partition coefficient (Wildman–Crippen LogP) is 17.0. The lowest BCUT2D eigenvalue weighted by molar-refractivity contribution is 0.309. The van der Waals surface area contributed by atoms with Crippen molar-refractivity contribution in [3.05, 3.63) is 158 Å². The standard InChI is InChI=1S/C58H66N4O6/c1-5-9-37-63-49-23-13-43(14-24-49)59-47-21-35-57(55(41-47)61-45-17-27-51(28-18-45)65-39-11-7-3)67-53-31-33-54(34-32-53)68-58-36-22-48(60-44-15-25-50(26-16-44)64-38-10-6-2)42-56(58)62-46-19-29-52(30-20-46)66-40-12-8-4/h13-36,41-42,59-62H,5-12,37-40H2,1-4H3. The van der Waals surface area contributed by atoms with E-state index in [0.29, 0.717) is 49.4 Å². The Bertz CT molecular complexity index is 2370. The molecule has 4 N–H and O–H groups in total. The van der Waals surface area contributed by atoms with Crippen molar-refractivity contribution in [1.29, 1.82) is 0 Å². The minimum atomic E-state index is 0.653. The van der Waals surface area contributed by atoms with E-state index in [1.807, 2.05) is 158 Å². The first-order valence-electron chi connectivity index (χ1n) is 24.2. The van der Waals surface area contributed by atoms with Crippen LogP contribution in [0.4, 0.5) is 45.5 Å². The van der Waals surface area contributed by atoms with Gasteiger partial charge in [0.05, 0.1) is 37.8 Å². The third kappa shape index (κ3) is 15.3. The lowest BCUT2D eigenvalue weighted by Crippen LogP contribution is -1.99. The number of anilines is 8. The highest BCUT2D eigenvalue weighted by Crippen LogP contribution is 2.39. The predicted molar refractivity (Wildman–Crippen MR) is 280 cm³/mol. The molecule has 354 valence electrons. The maximum atomic E-state index is 6.57. The SMILES string of the molecule is CCCCOc1ccc(Nc2ccc(Oc3ccc(Oc4ccc(Nc5ccc(OCCCC)cc5)cc4Nc4ccc(OCCCC)cc4)cc3)c(Nc3ccc(OCCCC)cc3)c2)cc1. The van der Waals surface area contributed by atoms with Crippen LogP contribution in [0.5, 0.6) is 46.0 Å². The highest BCUT2D eigenvalue weighted by molar-refractivity contribution is 5.76. The Hall–Kier alpha value is -7.46.